The van der Waals surface area contributed by atoms with E-state index in [0.29, 0.717) is 10.8 Å². The maximum absolute atomic E-state index is 12.5. The molecule has 0 spiro atoms. The van der Waals surface area contributed by atoms with E-state index in [0.717, 1.165) is 37.6 Å². The summed E-state index contributed by atoms with van der Waals surface area (Å²) in [5.41, 5.74) is 1.56. The number of rotatable bonds is 5. The molecule has 2 aromatic carbocycles. The highest BCUT2D eigenvalue weighted by Crippen LogP contribution is 2.26. The zero-order valence-corrected chi connectivity index (χ0v) is 15.7. The molecule has 3 rings (SSSR count). The first kappa shape index (κ1) is 19.2. The fourth-order valence-corrected chi connectivity index (χ4v) is 3.22. The molecule has 0 saturated carbocycles. The summed E-state index contributed by atoms with van der Waals surface area (Å²) in [4.78, 5) is 4.29. The second-order valence-electron chi connectivity index (χ2n) is 5.98. The Bertz CT molecular complexity index is 766. The molecule has 0 radical (unpaired) electrons. The molecule has 0 amide bonds. The zero-order chi connectivity index (χ0) is 19.2. The number of hydrogen-bond acceptors (Lipinski definition) is 4. The van der Waals surface area contributed by atoms with Crippen molar-refractivity contribution in [3.8, 4) is 11.5 Å². The van der Waals surface area contributed by atoms with Crippen molar-refractivity contribution < 1.29 is 18.3 Å². The van der Waals surface area contributed by atoms with Gasteiger partial charge in [-0.3, -0.25) is 0 Å². The summed E-state index contributed by atoms with van der Waals surface area (Å²) in [6.45, 7) is 0.201. The Morgan fingerprint density at radius 2 is 1.70 bits per heavy atom. The van der Waals surface area contributed by atoms with Crippen molar-refractivity contribution in [1.82, 2.24) is 4.90 Å². The normalized spacial score (nSPS) is 14.2. The fourth-order valence-electron chi connectivity index (χ4n) is 2.92. The van der Waals surface area contributed by atoms with Gasteiger partial charge in [-0.25, -0.2) is 0 Å². The van der Waals surface area contributed by atoms with Gasteiger partial charge in [0.2, 0.25) is 0 Å². The van der Waals surface area contributed by atoms with Gasteiger partial charge in [0, 0.05) is 31.9 Å². The summed E-state index contributed by atoms with van der Waals surface area (Å²) in [5, 5.41) is 3.51. The fraction of sp³-hybridized carbons (Fsp3) is 0.316. The van der Waals surface area contributed by atoms with E-state index in [1.165, 1.54) is 6.07 Å². The molecule has 1 saturated heterocycles. The van der Waals surface area contributed by atoms with Crippen molar-refractivity contribution in [2.75, 3.05) is 43.5 Å². The minimum atomic E-state index is -2.88. The second kappa shape index (κ2) is 8.85. The topological polar surface area (TPSA) is 37.0 Å². The number of ether oxygens (including phenoxy) is 2. The Kier molecular flexibility index (Phi) is 6.28. The Labute approximate surface area is 162 Å². The van der Waals surface area contributed by atoms with Gasteiger partial charge >= 0.3 is 6.61 Å². The van der Waals surface area contributed by atoms with E-state index >= 15 is 0 Å². The Morgan fingerprint density at radius 3 is 2.33 bits per heavy atom. The van der Waals surface area contributed by atoms with Crippen LogP contribution >= 0.6 is 12.2 Å². The Balaban J connectivity index is 1.57. The van der Waals surface area contributed by atoms with Crippen LogP contribution in [0.2, 0.25) is 0 Å². The van der Waals surface area contributed by atoms with Gasteiger partial charge in [0.1, 0.15) is 11.5 Å². The lowest BCUT2D eigenvalue weighted by molar-refractivity contribution is -0.0493. The molecule has 1 heterocycles. The third-order valence-corrected chi connectivity index (χ3v) is 4.71. The van der Waals surface area contributed by atoms with E-state index in [9.17, 15) is 8.78 Å². The Morgan fingerprint density at radius 1 is 1.04 bits per heavy atom. The second-order valence-corrected chi connectivity index (χ2v) is 6.36. The van der Waals surface area contributed by atoms with Crippen molar-refractivity contribution in [2.24, 2.45) is 0 Å². The molecule has 0 unspecified atom stereocenters. The minimum Gasteiger partial charge on any atom is -0.497 e. The largest absolute Gasteiger partial charge is 0.497 e. The molecule has 2 aromatic rings. The number of piperazine rings is 1. The average molecular weight is 393 g/mol. The molecule has 8 heteroatoms. The molecule has 1 aliphatic heterocycles. The number of hydrogen-bond donors (Lipinski definition) is 1. The molecule has 0 aromatic heterocycles. The van der Waals surface area contributed by atoms with E-state index in [4.69, 9.17) is 17.0 Å². The van der Waals surface area contributed by atoms with Crippen LogP contribution in [0.1, 0.15) is 0 Å². The van der Waals surface area contributed by atoms with E-state index in [1.807, 2.05) is 29.2 Å². The van der Waals surface area contributed by atoms with Crippen LogP contribution in [0.3, 0.4) is 0 Å². The van der Waals surface area contributed by atoms with Crippen LogP contribution in [0.5, 0.6) is 11.5 Å². The van der Waals surface area contributed by atoms with Gasteiger partial charge in [-0.05, 0) is 48.6 Å². The van der Waals surface area contributed by atoms with E-state index in [-0.39, 0.29) is 5.75 Å². The molecule has 0 bridgehead atoms. The maximum Gasteiger partial charge on any atom is 0.387 e. The van der Waals surface area contributed by atoms with E-state index < -0.39 is 6.61 Å². The maximum atomic E-state index is 12.5. The summed E-state index contributed by atoms with van der Waals surface area (Å²) in [5.74, 6) is 0.902. The number of thiocarbonyl (C=S) groups is 1. The van der Waals surface area contributed by atoms with Crippen LogP contribution in [0.4, 0.5) is 20.2 Å². The van der Waals surface area contributed by atoms with Gasteiger partial charge in [-0.15, -0.1) is 0 Å². The van der Waals surface area contributed by atoms with Gasteiger partial charge in [0.05, 0.1) is 12.8 Å². The molecule has 1 aliphatic rings. The number of nitrogens with zero attached hydrogens (tertiary/aromatic N) is 2. The van der Waals surface area contributed by atoms with Gasteiger partial charge in [0.15, 0.2) is 5.11 Å². The van der Waals surface area contributed by atoms with Crippen LogP contribution in [0.15, 0.2) is 48.5 Å². The molecule has 27 heavy (non-hydrogen) atoms. The van der Waals surface area contributed by atoms with Gasteiger partial charge in [-0.2, -0.15) is 8.78 Å². The lowest BCUT2D eigenvalue weighted by Crippen LogP contribution is -2.50. The summed E-state index contributed by atoms with van der Waals surface area (Å²) < 4.78 is 34.8. The standard InChI is InChI=1S/C19H21F2N3O2S/c1-25-15-8-6-14(7-9-15)23-10-12-24(13-11-23)19(27)22-16-4-2-3-5-17(16)26-18(20)21/h2-9,18H,10-13H2,1H3,(H,22,27). The number of nitrogens with one attached hydrogen (secondary N) is 1. The number of para-hydroxylation sites is 2. The Hall–Kier alpha value is -2.61. The van der Waals surface area contributed by atoms with Crippen LogP contribution in [-0.4, -0.2) is 49.9 Å². The number of anilines is 2. The number of methoxy groups -OCH3 is 1. The quantitative estimate of drug-likeness (QED) is 0.779. The first-order valence-electron chi connectivity index (χ1n) is 8.55. The van der Waals surface area contributed by atoms with Gasteiger partial charge in [0.25, 0.3) is 0 Å². The van der Waals surface area contributed by atoms with Crippen molar-refractivity contribution in [3.05, 3.63) is 48.5 Å². The smallest absolute Gasteiger partial charge is 0.387 e. The summed E-state index contributed by atoms with van der Waals surface area (Å²) in [6, 6.07) is 14.5. The number of benzene rings is 2. The van der Waals surface area contributed by atoms with Crippen LogP contribution in [-0.2, 0) is 0 Å². The van der Waals surface area contributed by atoms with Crippen molar-refractivity contribution in [1.29, 1.82) is 0 Å². The third kappa shape index (κ3) is 4.97. The van der Waals surface area contributed by atoms with E-state index in [2.05, 4.69) is 15.0 Å². The van der Waals surface area contributed by atoms with Crippen molar-refractivity contribution in [2.45, 2.75) is 6.61 Å². The van der Waals surface area contributed by atoms with E-state index in [1.54, 1.807) is 25.3 Å². The third-order valence-electron chi connectivity index (χ3n) is 4.35. The minimum absolute atomic E-state index is 0.0757. The van der Waals surface area contributed by atoms with Crippen LogP contribution in [0, 0.1) is 0 Å². The highest BCUT2D eigenvalue weighted by molar-refractivity contribution is 7.80. The zero-order valence-electron chi connectivity index (χ0n) is 14.9. The van der Waals surface area contributed by atoms with Crippen LogP contribution < -0.4 is 19.7 Å². The van der Waals surface area contributed by atoms with Crippen molar-refractivity contribution >= 4 is 28.7 Å². The predicted octanol–water partition coefficient (Wildman–Crippen LogP) is 3.82. The molecule has 144 valence electrons. The first-order valence-corrected chi connectivity index (χ1v) is 8.96. The van der Waals surface area contributed by atoms with Gasteiger partial charge < -0.3 is 24.6 Å². The predicted molar refractivity (Wildman–Crippen MR) is 106 cm³/mol. The molecule has 1 fully saturated rings. The lowest BCUT2D eigenvalue weighted by Gasteiger charge is -2.37. The first-order chi connectivity index (χ1) is 13.1. The monoisotopic (exact) mass is 393 g/mol. The number of halogens is 2. The molecular formula is C19H21F2N3O2S. The molecular weight excluding hydrogens is 372 g/mol. The van der Waals surface area contributed by atoms with Crippen LogP contribution in [0.25, 0.3) is 0 Å². The summed E-state index contributed by atoms with van der Waals surface area (Å²) in [7, 11) is 1.65. The summed E-state index contributed by atoms with van der Waals surface area (Å²) >= 11 is 5.45. The highest BCUT2D eigenvalue weighted by Gasteiger charge is 2.20. The SMILES string of the molecule is COc1ccc(N2CCN(C(=S)Nc3ccccc3OC(F)F)CC2)cc1. The average Bonchev–Trinajstić information content (AvgIpc) is 2.69. The molecule has 5 nitrogen and oxygen atoms in total. The highest BCUT2D eigenvalue weighted by atomic mass is 32.1. The van der Waals surface area contributed by atoms with Gasteiger partial charge in [-0.1, -0.05) is 12.1 Å². The molecule has 0 aliphatic carbocycles. The lowest BCUT2D eigenvalue weighted by atomic mass is 10.2. The number of alkyl halides is 2. The molecule has 1 N–H and O–H groups in total. The summed E-state index contributed by atoms with van der Waals surface area (Å²) in [6.07, 6.45) is 0. The van der Waals surface area contributed by atoms with Crippen molar-refractivity contribution in [3.63, 3.8) is 0 Å². The molecule has 0 atom stereocenters.